The van der Waals surface area contributed by atoms with Crippen LogP contribution in [0.5, 0.6) is 11.5 Å². The van der Waals surface area contributed by atoms with Crippen molar-refractivity contribution in [2.75, 3.05) is 28.4 Å². The van der Waals surface area contributed by atoms with Crippen molar-refractivity contribution in [3.8, 4) is 11.5 Å². The van der Waals surface area contributed by atoms with Crippen molar-refractivity contribution in [3.05, 3.63) is 66.7 Å². The predicted molar refractivity (Wildman–Crippen MR) is 119 cm³/mol. The lowest BCUT2D eigenvalue weighted by atomic mass is 10.1. The Morgan fingerprint density at radius 2 is 1.58 bits per heavy atom. The molecule has 33 heavy (non-hydrogen) atoms. The molecule has 2 aromatic carbocycles. The number of benzene rings is 2. The van der Waals surface area contributed by atoms with E-state index in [2.05, 4.69) is 20.7 Å². The summed E-state index contributed by atoms with van der Waals surface area (Å²) in [4.78, 5) is 45.0. The van der Waals surface area contributed by atoms with Gasteiger partial charge in [0.2, 0.25) is 0 Å². The van der Waals surface area contributed by atoms with Gasteiger partial charge in [-0.25, -0.2) is 4.79 Å². The van der Waals surface area contributed by atoms with Crippen molar-refractivity contribution in [2.24, 2.45) is 0 Å². The van der Waals surface area contributed by atoms with Gasteiger partial charge in [0.1, 0.15) is 0 Å². The first-order valence-corrected chi connectivity index (χ1v) is 10.3. The van der Waals surface area contributed by atoms with Crippen molar-refractivity contribution in [2.45, 2.75) is 11.9 Å². The molecule has 1 heterocycles. The number of carbonyl (C=O) groups excluding carboxylic acids is 2. The second kappa shape index (κ2) is 10.7. The molecule has 0 saturated carbocycles. The molecule has 0 radical (unpaired) electrons. The fourth-order valence-corrected chi connectivity index (χ4v) is 3.57. The van der Waals surface area contributed by atoms with E-state index in [4.69, 9.17) is 9.47 Å². The molecule has 1 aliphatic rings. The summed E-state index contributed by atoms with van der Waals surface area (Å²) in [6, 6.07) is 5.43. The normalized spacial score (nSPS) is 11.8. The van der Waals surface area contributed by atoms with Crippen LogP contribution in [0.15, 0.2) is 24.3 Å². The van der Waals surface area contributed by atoms with E-state index in [1.54, 1.807) is 13.1 Å². The molecule has 0 bridgehead atoms. The number of carbonyl (C=O) groups is 2. The van der Waals surface area contributed by atoms with Gasteiger partial charge in [-0.05, 0) is 23.3 Å². The van der Waals surface area contributed by atoms with Gasteiger partial charge in [-0.2, -0.15) is 0 Å². The molecule has 0 saturated heterocycles. The molecular weight excluding hydrogens is 506 g/mol. The molecule has 0 fully saturated rings. The maximum Gasteiger partial charge on any atom is 0.338 e. The third kappa shape index (κ3) is 5.37. The minimum Gasteiger partial charge on any atom is -0.490 e. The van der Waals surface area contributed by atoms with Gasteiger partial charge in [-0.1, -0.05) is 15.9 Å². The maximum atomic E-state index is 11.6. The minimum absolute atomic E-state index is 0.108. The molecule has 2 aromatic rings. The largest absolute Gasteiger partial charge is 0.490 e. The SMILES string of the molecule is COC(=O)c1cc([N+](=O)[O-])c(OC)cc1CBr.COc1cc2c(cc1[N+](=O)[O-])C(=O)N(C)C2. The second-order valence-electron chi connectivity index (χ2n) is 6.66. The summed E-state index contributed by atoms with van der Waals surface area (Å²) in [5.74, 6) is -0.519. The zero-order valence-electron chi connectivity index (χ0n) is 18.1. The summed E-state index contributed by atoms with van der Waals surface area (Å²) in [6.45, 7) is 0.461. The van der Waals surface area contributed by atoms with Gasteiger partial charge < -0.3 is 19.1 Å². The highest BCUT2D eigenvalue weighted by atomic mass is 79.9. The summed E-state index contributed by atoms with van der Waals surface area (Å²) in [6.07, 6.45) is 0. The van der Waals surface area contributed by atoms with E-state index in [0.717, 1.165) is 11.6 Å². The Kier molecular flexibility index (Phi) is 8.29. The van der Waals surface area contributed by atoms with Gasteiger partial charge in [-0.3, -0.25) is 25.0 Å². The standard InChI is InChI=1S/C10H10BrNO5.C10H10N2O4/c1-16-9-3-6(5-11)7(10(13)17-2)4-8(9)12(14)15;1-11-5-6-3-9(16-2)8(12(14)15)4-7(6)10(11)13/h3-4H,5H2,1-2H3;3-4H,5H2,1-2H3. The highest BCUT2D eigenvalue weighted by Crippen LogP contribution is 2.34. The van der Waals surface area contributed by atoms with E-state index in [9.17, 15) is 29.8 Å². The predicted octanol–water partition coefficient (Wildman–Crippen LogP) is 3.47. The Morgan fingerprint density at radius 3 is 2.06 bits per heavy atom. The maximum absolute atomic E-state index is 11.6. The lowest BCUT2D eigenvalue weighted by Crippen LogP contribution is -2.17. The van der Waals surface area contributed by atoms with Gasteiger partial charge >= 0.3 is 17.3 Å². The van der Waals surface area contributed by atoms with Crippen molar-refractivity contribution < 1.29 is 33.6 Å². The Hall–Kier alpha value is -3.74. The summed E-state index contributed by atoms with van der Waals surface area (Å²) in [5.41, 5.74) is 1.42. The Morgan fingerprint density at radius 1 is 1.03 bits per heavy atom. The van der Waals surface area contributed by atoms with E-state index in [0.29, 0.717) is 23.0 Å². The molecule has 0 unspecified atom stereocenters. The lowest BCUT2D eigenvalue weighted by Gasteiger charge is -2.08. The number of fused-ring (bicyclic) bond motifs is 1. The van der Waals surface area contributed by atoms with Crippen molar-refractivity contribution in [1.29, 1.82) is 0 Å². The van der Waals surface area contributed by atoms with Crippen LogP contribution in [0.4, 0.5) is 11.4 Å². The summed E-state index contributed by atoms with van der Waals surface area (Å²) in [5, 5.41) is 21.9. The first kappa shape index (κ1) is 25.5. The van der Waals surface area contributed by atoms with E-state index >= 15 is 0 Å². The van der Waals surface area contributed by atoms with Crippen molar-refractivity contribution in [1.82, 2.24) is 4.90 Å². The number of hydrogen-bond donors (Lipinski definition) is 0. The number of methoxy groups -OCH3 is 3. The van der Waals surface area contributed by atoms with E-state index in [-0.39, 0.29) is 34.3 Å². The van der Waals surface area contributed by atoms with E-state index < -0.39 is 15.8 Å². The number of amides is 1. The topological polar surface area (TPSA) is 151 Å². The average Bonchev–Trinajstić information content (AvgIpc) is 3.09. The molecule has 1 amide bonds. The summed E-state index contributed by atoms with van der Waals surface area (Å²) in [7, 11) is 5.57. The zero-order chi connectivity index (χ0) is 24.9. The monoisotopic (exact) mass is 525 g/mol. The van der Waals surface area contributed by atoms with Gasteiger partial charge in [0.05, 0.1) is 42.3 Å². The number of nitro benzene ring substituents is 2. The quantitative estimate of drug-likeness (QED) is 0.238. The van der Waals surface area contributed by atoms with E-state index in [1.807, 2.05) is 0 Å². The van der Waals surface area contributed by atoms with Crippen LogP contribution < -0.4 is 9.47 Å². The van der Waals surface area contributed by atoms with Gasteiger partial charge in [-0.15, -0.1) is 0 Å². The van der Waals surface area contributed by atoms with E-state index in [1.165, 1.54) is 38.4 Å². The second-order valence-corrected chi connectivity index (χ2v) is 7.22. The highest BCUT2D eigenvalue weighted by Gasteiger charge is 2.29. The average molecular weight is 526 g/mol. The van der Waals surface area contributed by atoms with Gasteiger partial charge in [0, 0.05) is 31.1 Å². The Balaban J connectivity index is 0.000000234. The smallest absolute Gasteiger partial charge is 0.338 e. The number of halogens is 1. The van der Waals surface area contributed by atoms with Crippen LogP contribution in [0.25, 0.3) is 0 Å². The number of nitro groups is 2. The van der Waals surface area contributed by atoms with Crippen LogP contribution in [-0.2, 0) is 16.6 Å². The lowest BCUT2D eigenvalue weighted by molar-refractivity contribution is -0.385. The molecule has 0 spiro atoms. The molecule has 1 aliphatic heterocycles. The number of nitrogens with zero attached hydrogens (tertiary/aromatic N) is 3. The van der Waals surface area contributed by atoms with Crippen LogP contribution in [0, 0.1) is 20.2 Å². The molecule has 0 aliphatic carbocycles. The summed E-state index contributed by atoms with van der Waals surface area (Å²) < 4.78 is 14.4. The molecule has 0 atom stereocenters. The highest BCUT2D eigenvalue weighted by molar-refractivity contribution is 9.08. The molecule has 0 N–H and O–H groups in total. The first-order chi connectivity index (χ1) is 15.6. The number of esters is 1. The molecule has 176 valence electrons. The van der Waals surface area contributed by atoms with Crippen LogP contribution >= 0.6 is 15.9 Å². The fourth-order valence-electron chi connectivity index (χ4n) is 3.11. The Labute approximate surface area is 196 Å². The molecule has 13 heteroatoms. The Bertz CT molecular complexity index is 1120. The van der Waals surface area contributed by atoms with Gasteiger partial charge in [0.15, 0.2) is 11.5 Å². The molecule has 3 rings (SSSR count). The zero-order valence-corrected chi connectivity index (χ0v) is 19.7. The first-order valence-electron chi connectivity index (χ1n) is 9.19. The van der Waals surface area contributed by atoms with Crippen LogP contribution in [0.2, 0.25) is 0 Å². The third-order valence-electron chi connectivity index (χ3n) is 4.74. The molecule has 12 nitrogen and oxygen atoms in total. The van der Waals surface area contributed by atoms with Crippen molar-refractivity contribution in [3.63, 3.8) is 0 Å². The van der Waals surface area contributed by atoms with Crippen LogP contribution in [0.1, 0.15) is 31.8 Å². The minimum atomic E-state index is -0.620. The number of hydrogen-bond acceptors (Lipinski definition) is 9. The van der Waals surface area contributed by atoms with Gasteiger partial charge in [0.25, 0.3) is 5.91 Å². The molecular formula is C20H20BrN3O9. The number of ether oxygens (including phenoxy) is 3. The molecule has 0 aromatic heterocycles. The third-order valence-corrected chi connectivity index (χ3v) is 5.34. The van der Waals surface area contributed by atoms with Crippen LogP contribution in [0.3, 0.4) is 0 Å². The van der Waals surface area contributed by atoms with Crippen LogP contribution in [-0.4, -0.2) is 55.0 Å². The number of alkyl halides is 1. The fraction of sp³-hybridized carbons (Fsp3) is 0.300. The number of rotatable bonds is 6. The van der Waals surface area contributed by atoms with Crippen molar-refractivity contribution >= 4 is 39.2 Å². The summed E-state index contributed by atoms with van der Waals surface area (Å²) >= 11 is 3.20.